The molecule has 2 N–H and O–H groups in total. The largest absolute Gasteiger partial charge is 0.491 e. The van der Waals surface area contributed by atoms with Crippen LogP contribution in [0.25, 0.3) is 0 Å². The van der Waals surface area contributed by atoms with Crippen LogP contribution in [-0.2, 0) is 39.9 Å². The average molecular weight is 1040 g/mol. The van der Waals surface area contributed by atoms with Crippen molar-refractivity contribution in [1.82, 2.24) is 0 Å². The Kier molecular flexibility index (Phi) is 17.9. The second-order valence-corrected chi connectivity index (χ2v) is 21.6. The van der Waals surface area contributed by atoms with Crippen LogP contribution < -0.4 is 28.4 Å². The number of aliphatic hydroxyl groups excluding tert-OH is 2. The predicted octanol–water partition coefficient (Wildman–Crippen LogP) is 9.66. The van der Waals surface area contributed by atoms with Crippen LogP contribution in [0.4, 0.5) is 0 Å². The molecule has 6 unspecified atom stereocenters. The molecule has 13 heteroatoms. The minimum Gasteiger partial charge on any atom is -0.491 e. The maximum atomic E-state index is 11.1. The fourth-order valence-corrected chi connectivity index (χ4v) is 8.76. The molecule has 0 radical (unpaired) electrons. The van der Waals surface area contributed by atoms with Gasteiger partial charge in [-0.05, 0) is 106 Å². The molecule has 0 bridgehead atoms. The molecule has 13 nitrogen and oxygen atoms in total. The van der Waals surface area contributed by atoms with Crippen molar-refractivity contribution in [3.8, 4) is 34.5 Å². The molecule has 0 amide bonds. The molecule has 3 aliphatic rings. The van der Waals surface area contributed by atoms with Crippen LogP contribution in [0.1, 0.15) is 74.9 Å². The number of hydrogen-bond acceptors (Lipinski definition) is 13. The van der Waals surface area contributed by atoms with E-state index in [4.69, 9.17) is 52.1 Å². The summed E-state index contributed by atoms with van der Waals surface area (Å²) in [6, 6.07) is 48.5. The number of epoxide rings is 3. The molecule has 404 valence electrons. The van der Waals surface area contributed by atoms with Crippen molar-refractivity contribution in [2.24, 2.45) is 0 Å². The highest BCUT2D eigenvalue weighted by Crippen LogP contribution is 2.37. The molecule has 0 aliphatic carbocycles. The Morgan fingerprint density at radius 3 is 0.882 bits per heavy atom. The normalized spacial score (nSPS) is 18.2. The first-order valence-electron chi connectivity index (χ1n) is 26.5. The van der Waals surface area contributed by atoms with Crippen molar-refractivity contribution in [3.63, 3.8) is 0 Å². The molecule has 0 spiro atoms. The van der Waals surface area contributed by atoms with Crippen LogP contribution in [0, 0.1) is 0 Å². The molecule has 6 aromatic carbocycles. The lowest BCUT2D eigenvalue weighted by molar-refractivity contribution is -0.0825. The van der Waals surface area contributed by atoms with Gasteiger partial charge in [-0.3, -0.25) is 0 Å². The van der Waals surface area contributed by atoms with Gasteiger partial charge in [0.2, 0.25) is 0 Å². The van der Waals surface area contributed by atoms with Gasteiger partial charge in [-0.1, -0.05) is 114 Å². The van der Waals surface area contributed by atoms with Crippen LogP contribution in [0.15, 0.2) is 146 Å². The molecule has 6 atom stereocenters. The second-order valence-electron chi connectivity index (χ2n) is 21.6. The van der Waals surface area contributed by atoms with Gasteiger partial charge in [0.25, 0.3) is 0 Å². The summed E-state index contributed by atoms with van der Waals surface area (Å²) >= 11 is 0. The van der Waals surface area contributed by atoms with Crippen LogP contribution >= 0.6 is 0 Å². The third-order valence-electron chi connectivity index (χ3n) is 14.4. The second kappa shape index (κ2) is 24.9. The number of rotatable bonds is 31. The molecular formula is C63H74O13. The van der Waals surface area contributed by atoms with E-state index in [9.17, 15) is 10.2 Å². The summed E-state index contributed by atoms with van der Waals surface area (Å²) in [5.74, 6) is 4.40. The third-order valence-corrected chi connectivity index (χ3v) is 14.4. The van der Waals surface area contributed by atoms with Crippen molar-refractivity contribution in [1.29, 1.82) is 0 Å². The number of benzene rings is 6. The monoisotopic (exact) mass is 1040 g/mol. The van der Waals surface area contributed by atoms with Gasteiger partial charge in [0, 0.05) is 16.2 Å². The van der Waals surface area contributed by atoms with Crippen molar-refractivity contribution in [2.75, 3.05) is 79.3 Å². The molecule has 0 saturated carbocycles. The minimum absolute atomic E-state index is 0.00140. The van der Waals surface area contributed by atoms with Crippen LogP contribution in [0.2, 0.25) is 0 Å². The van der Waals surface area contributed by atoms with Crippen molar-refractivity contribution in [3.05, 3.63) is 179 Å². The summed E-state index contributed by atoms with van der Waals surface area (Å²) in [4.78, 5) is 0. The zero-order valence-electron chi connectivity index (χ0n) is 44.7. The Bertz CT molecular complexity index is 2690. The summed E-state index contributed by atoms with van der Waals surface area (Å²) in [6.45, 7) is 17.3. The first kappa shape index (κ1) is 54.6. The molecule has 3 aliphatic heterocycles. The topological polar surface area (TPSA) is 152 Å². The Hall–Kier alpha value is -6.16. The summed E-state index contributed by atoms with van der Waals surface area (Å²) in [5, 5.41) is 22.0. The van der Waals surface area contributed by atoms with Gasteiger partial charge < -0.3 is 62.3 Å². The Balaban J connectivity index is 0.758. The Labute approximate surface area is 447 Å². The Morgan fingerprint density at radius 1 is 0.355 bits per heavy atom. The van der Waals surface area contributed by atoms with Gasteiger partial charge in [0.05, 0.1) is 39.6 Å². The van der Waals surface area contributed by atoms with Gasteiger partial charge in [-0.25, -0.2) is 0 Å². The average Bonchev–Trinajstić information content (AvgIpc) is 4.29. The molecule has 3 saturated heterocycles. The zero-order chi connectivity index (χ0) is 53.1. The predicted molar refractivity (Wildman–Crippen MR) is 290 cm³/mol. The van der Waals surface area contributed by atoms with E-state index in [1.807, 2.05) is 97.1 Å². The van der Waals surface area contributed by atoms with E-state index in [1.54, 1.807) is 0 Å². The number of hydrogen-bond donors (Lipinski definition) is 2. The summed E-state index contributed by atoms with van der Waals surface area (Å²) in [7, 11) is 0. The highest BCUT2D eigenvalue weighted by Gasteiger charge is 2.29. The smallest absolute Gasteiger partial charge is 0.119 e. The van der Waals surface area contributed by atoms with Crippen molar-refractivity contribution >= 4 is 0 Å². The van der Waals surface area contributed by atoms with E-state index in [0.29, 0.717) is 37.1 Å². The molecular weight excluding hydrogens is 965 g/mol. The SMILES string of the molecule is CC(C)(c1ccc(OCC(O)COCC(COc2ccc(C(C)(C)c3ccc(OCC4CO4)cc3)cc2)OCC(O)COc2ccc(C(C)(C)c3ccc(OCC4CO4)cc3)cc2)cc1)c1ccc(OCC2CO2)cc1. The number of ether oxygens (including phenoxy) is 11. The van der Waals surface area contributed by atoms with Crippen LogP contribution in [-0.4, -0.2) is 126 Å². The van der Waals surface area contributed by atoms with E-state index in [1.165, 1.54) is 0 Å². The van der Waals surface area contributed by atoms with Crippen LogP contribution in [0.3, 0.4) is 0 Å². The fraction of sp³-hybridized carbons (Fsp3) is 0.429. The van der Waals surface area contributed by atoms with Gasteiger partial charge in [0.15, 0.2) is 0 Å². The summed E-state index contributed by atoms with van der Waals surface area (Å²) in [6.07, 6.45) is -1.82. The highest BCUT2D eigenvalue weighted by atomic mass is 16.6. The first-order valence-corrected chi connectivity index (χ1v) is 26.5. The molecule has 0 aromatic heterocycles. The molecule has 6 aromatic rings. The van der Waals surface area contributed by atoms with Gasteiger partial charge >= 0.3 is 0 Å². The zero-order valence-corrected chi connectivity index (χ0v) is 44.7. The number of aliphatic hydroxyl groups is 2. The van der Waals surface area contributed by atoms with Gasteiger partial charge in [-0.2, -0.15) is 0 Å². The van der Waals surface area contributed by atoms with Crippen LogP contribution in [0.5, 0.6) is 34.5 Å². The lowest BCUT2D eigenvalue weighted by Gasteiger charge is -2.27. The van der Waals surface area contributed by atoms with E-state index < -0.39 is 18.3 Å². The summed E-state index contributed by atoms with van der Waals surface area (Å²) in [5.41, 5.74) is 6.04. The maximum Gasteiger partial charge on any atom is 0.119 e. The van der Waals surface area contributed by atoms with Gasteiger partial charge in [-0.15, -0.1) is 0 Å². The van der Waals surface area contributed by atoms with E-state index in [-0.39, 0.29) is 74.2 Å². The summed E-state index contributed by atoms with van der Waals surface area (Å²) < 4.78 is 63.8. The maximum absolute atomic E-state index is 11.1. The lowest BCUT2D eigenvalue weighted by Crippen LogP contribution is -2.34. The standard InChI is InChI=1S/C63H74O13/c1-61(2,46-13-25-54(26-14-46)71-37-58-40-74-58)43-7-19-51(20-8-43)67-32-49(64)31-66-35-57(36-70-53-23-11-45(12-24-53)63(5,6)48-17-29-56(30-18-48)73-39-60-42-76-60)69-34-50(65)33-68-52-21-9-44(10-22-52)62(3,4)47-15-27-55(28-16-47)72-38-59-41-75-59/h7-30,49-50,57-60,64-65H,31-42H2,1-6H3. The lowest BCUT2D eigenvalue weighted by atomic mass is 9.78. The molecule has 3 fully saturated rings. The molecule has 76 heavy (non-hydrogen) atoms. The Morgan fingerprint density at radius 2 is 0.605 bits per heavy atom. The van der Waals surface area contributed by atoms with Crippen molar-refractivity contribution < 1.29 is 62.3 Å². The van der Waals surface area contributed by atoms with E-state index >= 15 is 0 Å². The third kappa shape index (κ3) is 15.5. The van der Waals surface area contributed by atoms with E-state index in [2.05, 4.69) is 90.1 Å². The molecule has 9 rings (SSSR count). The first-order chi connectivity index (χ1) is 36.7. The molecule has 3 heterocycles. The quantitative estimate of drug-likeness (QED) is 0.0398. The minimum atomic E-state index is -0.941. The highest BCUT2D eigenvalue weighted by molar-refractivity contribution is 5.45. The van der Waals surface area contributed by atoms with Gasteiger partial charge in [0.1, 0.15) is 111 Å². The van der Waals surface area contributed by atoms with E-state index in [0.717, 1.165) is 70.4 Å². The van der Waals surface area contributed by atoms with Crippen molar-refractivity contribution in [2.45, 2.75) is 94.4 Å². The fourth-order valence-electron chi connectivity index (χ4n) is 8.76.